The molecule has 3 heterocycles. The van der Waals surface area contributed by atoms with Crippen LogP contribution in [0.2, 0.25) is 5.02 Å². The molecule has 4 aromatic rings. The van der Waals surface area contributed by atoms with Crippen LogP contribution < -0.4 is 10.2 Å². The summed E-state index contributed by atoms with van der Waals surface area (Å²) in [7, 11) is 0. The molecule has 1 aliphatic rings. The van der Waals surface area contributed by atoms with Crippen molar-refractivity contribution in [1.82, 2.24) is 15.5 Å². The maximum absolute atomic E-state index is 14.4. The number of allylic oxidation sites excluding steroid dienone is 1. The number of anilines is 1. The SMILES string of the molecule is CC1=C(c2nc(-c3cccs3)no2)C(c2cccc(Cl)c2)NC(=S)N1c1ccc(C)c(F)c1. The van der Waals surface area contributed by atoms with Gasteiger partial charge in [0.1, 0.15) is 5.82 Å². The smallest absolute Gasteiger partial charge is 0.258 e. The fourth-order valence-electron chi connectivity index (χ4n) is 3.83. The summed E-state index contributed by atoms with van der Waals surface area (Å²) in [6, 6.07) is 16.0. The first-order valence-electron chi connectivity index (χ1n) is 10.1. The molecule has 2 aromatic carbocycles. The fraction of sp³-hybridized carbons (Fsp3) is 0.125. The van der Waals surface area contributed by atoms with Crippen molar-refractivity contribution in [1.29, 1.82) is 0 Å². The number of aryl methyl sites for hydroxylation is 1. The molecule has 9 heteroatoms. The number of aromatic nitrogens is 2. The number of nitrogens with zero attached hydrogens (tertiary/aromatic N) is 3. The third-order valence-electron chi connectivity index (χ3n) is 5.48. The molecule has 0 saturated carbocycles. The van der Waals surface area contributed by atoms with Crippen LogP contribution >= 0.6 is 35.2 Å². The van der Waals surface area contributed by atoms with Crippen LogP contribution in [0.3, 0.4) is 0 Å². The van der Waals surface area contributed by atoms with Crippen molar-refractivity contribution in [3.05, 3.63) is 93.5 Å². The van der Waals surface area contributed by atoms with Crippen LogP contribution in [0, 0.1) is 12.7 Å². The van der Waals surface area contributed by atoms with Gasteiger partial charge in [0.25, 0.3) is 5.89 Å². The molecule has 2 aromatic heterocycles. The minimum Gasteiger partial charge on any atom is -0.351 e. The first-order valence-corrected chi connectivity index (χ1v) is 11.8. The Labute approximate surface area is 204 Å². The van der Waals surface area contributed by atoms with Gasteiger partial charge in [0.05, 0.1) is 22.2 Å². The maximum atomic E-state index is 14.4. The quantitative estimate of drug-likeness (QED) is 0.315. The molecule has 5 rings (SSSR count). The molecule has 166 valence electrons. The lowest BCUT2D eigenvalue weighted by molar-refractivity contribution is 0.404. The minimum atomic E-state index is -0.376. The first kappa shape index (κ1) is 21.8. The molecule has 0 saturated heterocycles. The number of halogens is 2. The second-order valence-corrected chi connectivity index (χ2v) is 9.38. The Bertz CT molecular complexity index is 1380. The standard InChI is InChI=1S/C24H18ClFN4OS2/c1-13-8-9-17(12-18(13)26)30-14(2)20(23-28-22(29-31-23)19-7-4-10-33-19)21(27-24(30)32)15-5-3-6-16(25)11-15/h3-12,21H,1-2H3,(H,27,32). The van der Waals surface area contributed by atoms with Gasteiger partial charge >= 0.3 is 0 Å². The number of benzene rings is 2. The molecule has 33 heavy (non-hydrogen) atoms. The lowest BCUT2D eigenvalue weighted by Crippen LogP contribution is -2.46. The van der Waals surface area contributed by atoms with Gasteiger partial charge in [0.15, 0.2) is 5.11 Å². The lowest BCUT2D eigenvalue weighted by Gasteiger charge is -2.37. The molecule has 0 bridgehead atoms. The van der Waals surface area contributed by atoms with Gasteiger partial charge in [-0.2, -0.15) is 4.98 Å². The Morgan fingerprint density at radius 1 is 1.15 bits per heavy atom. The van der Waals surface area contributed by atoms with Gasteiger partial charge in [-0.15, -0.1) is 11.3 Å². The summed E-state index contributed by atoms with van der Waals surface area (Å²) in [6.07, 6.45) is 0. The highest BCUT2D eigenvalue weighted by molar-refractivity contribution is 7.80. The van der Waals surface area contributed by atoms with Crippen molar-refractivity contribution in [3.63, 3.8) is 0 Å². The van der Waals surface area contributed by atoms with Crippen LogP contribution in [0.4, 0.5) is 10.1 Å². The van der Waals surface area contributed by atoms with Crippen LogP contribution in [-0.2, 0) is 0 Å². The van der Waals surface area contributed by atoms with Gasteiger partial charge in [-0.05, 0) is 72.9 Å². The Kier molecular flexibility index (Phi) is 5.74. The van der Waals surface area contributed by atoms with Gasteiger partial charge in [0, 0.05) is 10.7 Å². The summed E-state index contributed by atoms with van der Waals surface area (Å²) in [4.78, 5) is 7.35. The van der Waals surface area contributed by atoms with E-state index in [-0.39, 0.29) is 11.9 Å². The van der Waals surface area contributed by atoms with Crippen molar-refractivity contribution in [3.8, 4) is 10.7 Å². The van der Waals surface area contributed by atoms with Gasteiger partial charge < -0.3 is 9.84 Å². The van der Waals surface area contributed by atoms with Crippen LogP contribution in [0.15, 0.2) is 70.2 Å². The summed E-state index contributed by atoms with van der Waals surface area (Å²) in [5.74, 6) is 0.555. The van der Waals surface area contributed by atoms with E-state index in [9.17, 15) is 4.39 Å². The van der Waals surface area contributed by atoms with E-state index in [2.05, 4.69) is 15.5 Å². The lowest BCUT2D eigenvalue weighted by atomic mass is 9.94. The zero-order chi connectivity index (χ0) is 23.1. The second kappa shape index (κ2) is 8.70. The van der Waals surface area contributed by atoms with Gasteiger partial charge in [-0.25, -0.2) is 4.39 Å². The third-order valence-corrected chi connectivity index (χ3v) is 6.88. The average molecular weight is 497 g/mol. The molecule has 1 aliphatic heterocycles. The van der Waals surface area contributed by atoms with E-state index in [4.69, 9.17) is 28.3 Å². The summed E-state index contributed by atoms with van der Waals surface area (Å²) in [6.45, 7) is 3.63. The van der Waals surface area contributed by atoms with Gasteiger partial charge in [-0.3, -0.25) is 4.90 Å². The van der Waals surface area contributed by atoms with Crippen molar-refractivity contribution in [2.24, 2.45) is 0 Å². The second-order valence-electron chi connectivity index (χ2n) is 7.61. The van der Waals surface area contributed by atoms with Gasteiger partial charge in [-0.1, -0.05) is 41.0 Å². The zero-order valence-corrected chi connectivity index (χ0v) is 20.1. The molecule has 0 aliphatic carbocycles. The Balaban J connectivity index is 1.68. The van der Waals surface area contributed by atoms with Crippen molar-refractivity contribution < 1.29 is 8.91 Å². The Hall–Kier alpha value is -3.07. The highest BCUT2D eigenvalue weighted by Crippen LogP contribution is 2.40. The van der Waals surface area contributed by atoms with Gasteiger partial charge in [0.2, 0.25) is 5.82 Å². The van der Waals surface area contributed by atoms with E-state index in [1.807, 2.05) is 54.8 Å². The number of nitrogens with one attached hydrogen (secondary N) is 1. The normalized spacial score (nSPS) is 16.3. The van der Waals surface area contributed by atoms with Crippen LogP contribution in [-0.4, -0.2) is 15.3 Å². The van der Waals surface area contributed by atoms with E-state index >= 15 is 0 Å². The molecule has 0 radical (unpaired) electrons. The summed E-state index contributed by atoms with van der Waals surface area (Å²) in [5, 5.41) is 10.5. The first-order chi connectivity index (χ1) is 15.9. The summed E-state index contributed by atoms with van der Waals surface area (Å²) in [5.41, 5.74) is 3.55. The zero-order valence-electron chi connectivity index (χ0n) is 17.7. The molecule has 5 nitrogen and oxygen atoms in total. The third kappa shape index (κ3) is 4.06. The van der Waals surface area contributed by atoms with E-state index in [0.29, 0.717) is 33.1 Å². The number of thiophene rings is 1. The number of hydrogen-bond donors (Lipinski definition) is 1. The maximum Gasteiger partial charge on any atom is 0.258 e. The Morgan fingerprint density at radius 3 is 2.73 bits per heavy atom. The average Bonchev–Trinajstić information content (AvgIpc) is 3.48. The number of rotatable bonds is 4. The molecule has 0 spiro atoms. The molecule has 1 atom stereocenters. The van der Waals surface area contributed by atoms with Crippen LogP contribution in [0.25, 0.3) is 16.3 Å². The van der Waals surface area contributed by atoms with E-state index in [0.717, 1.165) is 21.7 Å². The monoisotopic (exact) mass is 496 g/mol. The molecule has 0 amide bonds. The predicted octanol–water partition coefficient (Wildman–Crippen LogP) is 6.77. The van der Waals surface area contributed by atoms with Crippen LogP contribution in [0.5, 0.6) is 0 Å². The largest absolute Gasteiger partial charge is 0.351 e. The molecular formula is C24H18ClFN4OS2. The van der Waals surface area contributed by atoms with E-state index < -0.39 is 0 Å². The summed E-state index contributed by atoms with van der Waals surface area (Å²) < 4.78 is 20.1. The highest BCUT2D eigenvalue weighted by atomic mass is 35.5. The van der Waals surface area contributed by atoms with Crippen molar-refractivity contribution in [2.45, 2.75) is 19.9 Å². The van der Waals surface area contributed by atoms with Crippen LogP contribution in [0.1, 0.15) is 30.0 Å². The Morgan fingerprint density at radius 2 is 2.00 bits per heavy atom. The van der Waals surface area contributed by atoms with E-state index in [1.54, 1.807) is 17.9 Å². The molecule has 1 N–H and O–H groups in total. The minimum absolute atomic E-state index is 0.306. The highest BCUT2D eigenvalue weighted by Gasteiger charge is 2.35. The predicted molar refractivity (Wildman–Crippen MR) is 134 cm³/mol. The summed E-state index contributed by atoms with van der Waals surface area (Å²) >= 11 is 13.5. The number of thiocarbonyl (C=S) groups is 1. The van der Waals surface area contributed by atoms with Crippen molar-refractivity contribution in [2.75, 3.05) is 4.90 Å². The molecule has 0 fully saturated rings. The van der Waals surface area contributed by atoms with Crippen molar-refractivity contribution >= 4 is 51.5 Å². The molecule has 1 unspecified atom stereocenters. The van der Waals surface area contributed by atoms with E-state index in [1.165, 1.54) is 17.4 Å². The number of hydrogen-bond acceptors (Lipinski definition) is 5. The fourth-order valence-corrected chi connectivity index (χ4v) is 5.03. The topological polar surface area (TPSA) is 54.2 Å². The molecular weight excluding hydrogens is 479 g/mol.